The first kappa shape index (κ1) is 16.1. The van der Waals surface area contributed by atoms with Gasteiger partial charge in [-0.05, 0) is 99.1 Å². The van der Waals surface area contributed by atoms with Gasteiger partial charge in [0, 0.05) is 17.9 Å². The number of halogens is 4. The average Bonchev–Trinajstić information content (AvgIpc) is 2.39. The molecule has 2 aromatic rings. The molecule has 0 saturated heterocycles. The summed E-state index contributed by atoms with van der Waals surface area (Å²) in [5.74, 6) is 0. The predicted molar refractivity (Wildman–Crippen MR) is 101 cm³/mol. The van der Waals surface area contributed by atoms with Gasteiger partial charge in [0.25, 0.3) is 0 Å². The van der Waals surface area contributed by atoms with Crippen molar-refractivity contribution in [3.63, 3.8) is 0 Å². The maximum Gasteiger partial charge on any atom is 0.0603 e. The van der Waals surface area contributed by atoms with E-state index in [2.05, 4.69) is 63.7 Å². The summed E-state index contributed by atoms with van der Waals surface area (Å²) in [4.78, 5) is 0. The maximum absolute atomic E-state index is 5.87. The topological polar surface area (TPSA) is 52.0 Å². The molecule has 0 fully saturated rings. The molecular weight excluding hydrogens is 516 g/mol. The maximum atomic E-state index is 5.87. The first-order chi connectivity index (χ1) is 9.38. The minimum atomic E-state index is 0.695. The Labute approximate surface area is 151 Å². The van der Waals surface area contributed by atoms with Crippen LogP contribution in [0.4, 0.5) is 11.4 Å². The van der Waals surface area contributed by atoms with E-state index in [0.717, 1.165) is 29.0 Å². The summed E-state index contributed by atoms with van der Waals surface area (Å²) in [6.07, 6.45) is 4.03. The van der Waals surface area contributed by atoms with Crippen LogP contribution in [0.15, 0.2) is 42.2 Å². The van der Waals surface area contributed by atoms with Gasteiger partial charge in [-0.2, -0.15) is 0 Å². The van der Waals surface area contributed by atoms with Crippen LogP contribution >= 0.6 is 63.7 Å². The quantitative estimate of drug-likeness (QED) is 0.369. The number of benzene rings is 2. The Bertz CT molecular complexity index is 590. The molecule has 104 valence electrons. The molecule has 0 bridgehead atoms. The van der Waals surface area contributed by atoms with Crippen LogP contribution in [0.25, 0.3) is 12.2 Å². The second-order valence-electron chi connectivity index (χ2n) is 4.13. The smallest absolute Gasteiger partial charge is 0.0603 e. The summed E-state index contributed by atoms with van der Waals surface area (Å²) < 4.78 is 3.47. The molecule has 0 radical (unpaired) electrons. The summed E-state index contributed by atoms with van der Waals surface area (Å²) in [5.41, 5.74) is 15.2. The second-order valence-corrected chi connectivity index (χ2v) is 7.55. The molecule has 0 aromatic heterocycles. The number of anilines is 2. The average molecular weight is 526 g/mol. The minimum Gasteiger partial charge on any atom is -0.397 e. The highest BCUT2D eigenvalue weighted by molar-refractivity contribution is 9.11. The number of nitrogen functional groups attached to an aromatic ring is 2. The summed E-state index contributed by atoms with van der Waals surface area (Å²) in [6.45, 7) is 0. The third-order valence-electron chi connectivity index (χ3n) is 2.67. The zero-order valence-electron chi connectivity index (χ0n) is 10.1. The molecule has 20 heavy (non-hydrogen) atoms. The number of nitrogens with two attached hydrogens (primary N) is 2. The van der Waals surface area contributed by atoms with Crippen molar-refractivity contribution in [2.75, 3.05) is 11.5 Å². The fourth-order valence-corrected chi connectivity index (χ4v) is 4.04. The first-order valence-electron chi connectivity index (χ1n) is 5.55. The van der Waals surface area contributed by atoms with Crippen molar-refractivity contribution >= 4 is 87.2 Å². The Hall–Kier alpha value is -0.300. The Morgan fingerprint density at radius 3 is 1.10 bits per heavy atom. The van der Waals surface area contributed by atoms with Crippen LogP contribution in [0, 0.1) is 0 Å². The van der Waals surface area contributed by atoms with Crippen molar-refractivity contribution in [3.05, 3.63) is 53.3 Å². The van der Waals surface area contributed by atoms with Gasteiger partial charge in [-0.15, -0.1) is 0 Å². The van der Waals surface area contributed by atoms with Crippen LogP contribution in [0.5, 0.6) is 0 Å². The van der Waals surface area contributed by atoms with Gasteiger partial charge in [0.1, 0.15) is 0 Å². The van der Waals surface area contributed by atoms with E-state index in [1.54, 1.807) is 0 Å². The van der Waals surface area contributed by atoms with Crippen LogP contribution in [0.2, 0.25) is 0 Å². The molecule has 0 heterocycles. The highest BCUT2D eigenvalue weighted by atomic mass is 79.9. The molecule has 0 atom stereocenters. The van der Waals surface area contributed by atoms with Gasteiger partial charge in [-0.25, -0.2) is 0 Å². The van der Waals surface area contributed by atoms with E-state index in [0.29, 0.717) is 11.4 Å². The summed E-state index contributed by atoms with van der Waals surface area (Å²) in [5, 5.41) is 0. The van der Waals surface area contributed by atoms with Crippen LogP contribution in [-0.2, 0) is 0 Å². The van der Waals surface area contributed by atoms with Crippen molar-refractivity contribution in [1.82, 2.24) is 0 Å². The molecule has 2 nitrogen and oxygen atoms in total. The molecule has 0 aliphatic carbocycles. The molecule has 0 spiro atoms. The van der Waals surface area contributed by atoms with Gasteiger partial charge >= 0.3 is 0 Å². The number of hydrogen-bond acceptors (Lipinski definition) is 2. The zero-order chi connectivity index (χ0) is 14.9. The van der Waals surface area contributed by atoms with Crippen LogP contribution in [0.1, 0.15) is 11.1 Å². The molecule has 0 unspecified atom stereocenters. The standard InChI is InChI=1S/C14H10Br4N2/c15-9-3-7(4-10(16)13(9)19)1-2-8-5-11(17)14(20)12(18)6-8/h1-6H,19-20H2. The Morgan fingerprint density at radius 1 is 0.600 bits per heavy atom. The van der Waals surface area contributed by atoms with E-state index in [1.165, 1.54) is 0 Å². The SMILES string of the molecule is Nc1c(Br)cc(C=Cc2cc(Br)c(N)c(Br)c2)cc1Br. The van der Waals surface area contributed by atoms with E-state index in [4.69, 9.17) is 11.5 Å². The summed E-state index contributed by atoms with van der Waals surface area (Å²) in [7, 11) is 0. The molecule has 6 heteroatoms. The van der Waals surface area contributed by atoms with Crippen LogP contribution < -0.4 is 11.5 Å². The van der Waals surface area contributed by atoms with Crippen molar-refractivity contribution in [2.24, 2.45) is 0 Å². The van der Waals surface area contributed by atoms with E-state index in [1.807, 2.05) is 36.4 Å². The fraction of sp³-hybridized carbons (Fsp3) is 0. The van der Waals surface area contributed by atoms with Gasteiger partial charge in [-0.1, -0.05) is 12.2 Å². The molecule has 0 aliphatic rings. The van der Waals surface area contributed by atoms with E-state index in [-0.39, 0.29) is 0 Å². The molecule has 2 aromatic carbocycles. The predicted octanol–water partition coefficient (Wildman–Crippen LogP) is 6.07. The number of hydrogen-bond donors (Lipinski definition) is 2. The van der Waals surface area contributed by atoms with Gasteiger partial charge in [0.15, 0.2) is 0 Å². The zero-order valence-corrected chi connectivity index (χ0v) is 16.5. The fourth-order valence-electron chi connectivity index (χ4n) is 1.59. The largest absolute Gasteiger partial charge is 0.397 e. The normalized spacial score (nSPS) is 11.2. The van der Waals surface area contributed by atoms with E-state index in [9.17, 15) is 0 Å². The first-order valence-corrected chi connectivity index (χ1v) is 8.73. The lowest BCUT2D eigenvalue weighted by Gasteiger charge is -2.05. The van der Waals surface area contributed by atoms with Crippen molar-refractivity contribution in [1.29, 1.82) is 0 Å². The number of rotatable bonds is 2. The molecule has 0 amide bonds. The second kappa shape index (κ2) is 6.64. The van der Waals surface area contributed by atoms with Crippen LogP contribution in [0.3, 0.4) is 0 Å². The molecule has 2 rings (SSSR count). The highest BCUT2D eigenvalue weighted by Crippen LogP contribution is 2.32. The van der Waals surface area contributed by atoms with E-state index >= 15 is 0 Å². The molecule has 4 N–H and O–H groups in total. The lowest BCUT2D eigenvalue weighted by molar-refractivity contribution is 1.54. The lowest BCUT2D eigenvalue weighted by atomic mass is 10.1. The third kappa shape index (κ3) is 3.67. The minimum absolute atomic E-state index is 0.695. The van der Waals surface area contributed by atoms with E-state index < -0.39 is 0 Å². The Balaban J connectivity index is 2.35. The highest BCUT2D eigenvalue weighted by Gasteiger charge is 2.04. The van der Waals surface area contributed by atoms with Crippen molar-refractivity contribution < 1.29 is 0 Å². The molecule has 0 saturated carbocycles. The van der Waals surface area contributed by atoms with Crippen molar-refractivity contribution in [2.45, 2.75) is 0 Å². The molecular formula is C14H10Br4N2. The van der Waals surface area contributed by atoms with Crippen molar-refractivity contribution in [3.8, 4) is 0 Å². The van der Waals surface area contributed by atoms with Gasteiger partial charge in [0.05, 0.1) is 11.4 Å². The summed E-state index contributed by atoms with van der Waals surface area (Å²) in [6, 6.07) is 7.88. The summed E-state index contributed by atoms with van der Waals surface area (Å²) >= 11 is 13.7. The Kier molecular flexibility index (Phi) is 5.34. The van der Waals surface area contributed by atoms with Gasteiger partial charge < -0.3 is 11.5 Å². The van der Waals surface area contributed by atoms with Crippen LogP contribution in [-0.4, -0.2) is 0 Å². The monoisotopic (exact) mass is 522 g/mol. The molecule has 0 aliphatic heterocycles. The van der Waals surface area contributed by atoms with Gasteiger partial charge in [-0.3, -0.25) is 0 Å². The van der Waals surface area contributed by atoms with Gasteiger partial charge in [0.2, 0.25) is 0 Å². The Morgan fingerprint density at radius 2 is 0.850 bits per heavy atom. The lowest BCUT2D eigenvalue weighted by Crippen LogP contribution is -1.90. The third-order valence-corrected chi connectivity index (χ3v) is 5.30.